The molecular weight excluding hydrogens is 364 g/mol. The number of benzene rings is 2. The summed E-state index contributed by atoms with van der Waals surface area (Å²) in [4.78, 5) is 28.8. The van der Waals surface area contributed by atoms with Crippen molar-refractivity contribution in [1.29, 1.82) is 0 Å². The lowest BCUT2D eigenvalue weighted by Crippen LogP contribution is -2.35. The van der Waals surface area contributed by atoms with Gasteiger partial charge in [-0.25, -0.2) is 4.79 Å². The van der Waals surface area contributed by atoms with Crippen LogP contribution < -0.4 is 16.0 Å². The largest absolute Gasteiger partial charge is 0.370 e. The maximum absolute atomic E-state index is 13.1. The van der Waals surface area contributed by atoms with Gasteiger partial charge in [0.05, 0.1) is 17.4 Å². The zero-order chi connectivity index (χ0) is 20.4. The Hall–Kier alpha value is -3.02. The second-order valence-electron chi connectivity index (χ2n) is 7.94. The van der Waals surface area contributed by atoms with Crippen LogP contribution in [0.3, 0.4) is 0 Å². The Kier molecular flexibility index (Phi) is 5.43. The summed E-state index contributed by atoms with van der Waals surface area (Å²) in [5.74, 6) is -0.497. The van der Waals surface area contributed by atoms with Gasteiger partial charge in [-0.1, -0.05) is 24.3 Å². The highest BCUT2D eigenvalue weighted by molar-refractivity contribution is 5.99. The number of hydrogen-bond donors (Lipinski definition) is 2. The van der Waals surface area contributed by atoms with Gasteiger partial charge in [-0.05, 0) is 61.4 Å². The van der Waals surface area contributed by atoms with E-state index in [2.05, 4.69) is 22.3 Å². The van der Waals surface area contributed by atoms with E-state index in [1.54, 1.807) is 17.0 Å². The summed E-state index contributed by atoms with van der Waals surface area (Å²) in [5.41, 5.74) is 9.99. The number of rotatable bonds is 4. The monoisotopic (exact) mass is 392 g/mol. The number of piperidine rings is 1. The minimum absolute atomic E-state index is 0.0592. The molecular formula is C23H28N4O2. The molecule has 0 radical (unpaired) electrons. The molecule has 0 saturated carbocycles. The minimum atomic E-state index is -0.497. The summed E-state index contributed by atoms with van der Waals surface area (Å²) in [6.45, 7) is 1.90. The molecule has 3 amide bonds. The highest BCUT2D eigenvalue weighted by Gasteiger charge is 2.29. The highest BCUT2D eigenvalue weighted by atomic mass is 16.2. The quantitative estimate of drug-likeness (QED) is 0.828. The van der Waals surface area contributed by atoms with Gasteiger partial charge in [0, 0.05) is 25.7 Å². The van der Waals surface area contributed by atoms with Crippen molar-refractivity contribution in [2.24, 2.45) is 5.73 Å². The first-order valence-corrected chi connectivity index (χ1v) is 10.3. The van der Waals surface area contributed by atoms with Crippen LogP contribution in [0.5, 0.6) is 0 Å². The number of aryl methyl sites for hydroxylation is 1. The van der Waals surface area contributed by atoms with Crippen molar-refractivity contribution < 1.29 is 9.59 Å². The number of primary amides is 1. The molecule has 1 atom stereocenters. The van der Waals surface area contributed by atoms with E-state index >= 15 is 0 Å². The van der Waals surface area contributed by atoms with Crippen LogP contribution in [-0.4, -0.2) is 37.0 Å². The molecule has 1 fully saturated rings. The number of carbonyl (C=O) groups excluding carboxylic acids is 2. The fourth-order valence-corrected chi connectivity index (χ4v) is 4.48. The lowest BCUT2D eigenvalue weighted by Gasteiger charge is -2.32. The number of nitrogens with two attached hydrogens (primary N) is 1. The average molecular weight is 393 g/mol. The number of nitrogens with one attached hydrogen (secondary N) is 1. The van der Waals surface area contributed by atoms with E-state index in [-0.39, 0.29) is 12.1 Å². The fourth-order valence-electron chi connectivity index (χ4n) is 4.48. The van der Waals surface area contributed by atoms with E-state index in [0.29, 0.717) is 11.3 Å². The van der Waals surface area contributed by atoms with Crippen molar-refractivity contribution in [2.45, 2.75) is 38.1 Å². The smallest absolute Gasteiger partial charge is 0.322 e. The Labute approximate surface area is 171 Å². The van der Waals surface area contributed by atoms with Crippen molar-refractivity contribution in [2.75, 3.05) is 30.4 Å². The number of amides is 3. The Balaban J connectivity index is 1.58. The molecule has 0 spiro atoms. The Bertz CT molecular complexity index is 921. The topological polar surface area (TPSA) is 78.7 Å². The summed E-state index contributed by atoms with van der Waals surface area (Å²) in [7, 11) is 1.83. The van der Waals surface area contributed by atoms with Crippen LogP contribution in [0.2, 0.25) is 0 Å². The van der Waals surface area contributed by atoms with E-state index in [1.807, 2.05) is 25.2 Å². The molecule has 1 aliphatic carbocycles. The standard InChI is InChI=1S/C23H28N4O2/c1-26(20-11-9-16-7-3-4-8-18(16)20)23(29)25-19-15-17(22(24)28)10-12-21(19)27-13-5-2-6-14-27/h3-4,7-8,10,12,15,20H,2,5-6,9,11,13-14H2,1H3,(H2,24,28)(H,25,29)/t20-/m0/s1. The van der Waals surface area contributed by atoms with Gasteiger partial charge < -0.3 is 20.9 Å². The van der Waals surface area contributed by atoms with Gasteiger partial charge >= 0.3 is 6.03 Å². The molecule has 152 valence electrons. The zero-order valence-corrected chi connectivity index (χ0v) is 16.9. The average Bonchev–Trinajstić information content (AvgIpc) is 3.18. The first-order chi connectivity index (χ1) is 14.0. The number of fused-ring (bicyclic) bond motifs is 1. The normalized spacial score (nSPS) is 18.2. The second-order valence-corrected chi connectivity index (χ2v) is 7.94. The molecule has 2 aromatic carbocycles. The number of anilines is 2. The molecule has 4 rings (SSSR count). The lowest BCUT2D eigenvalue weighted by atomic mass is 10.1. The predicted molar refractivity (Wildman–Crippen MR) is 115 cm³/mol. The Morgan fingerprint density at radius 3 is 2.62 bits per heavy atom. The number of hydrogen-bond acceptors (Lipinski definition) is 3. The summed E-state index contributed by atoms with van der Waals surface area (Å²) in [5, 5.41) is 3.05. The number of nitrogens with zero attached hydrogens (tertiary/aromatic N) is 2. The molecule has 3 N–H and O–H groups in total. The third-order valence-corrected chi connectivity index (χ3v) is 6.11. The summed E-state index contributed by atoms with van der Waals surface area (Å²) in [6, 6.07) is 13.5. The Morgan fingerprint density at radius 1 is 1.10 bits per heavy atom. The van der Waals surface area contributed by atoms with Crippen LogP contribution in [-0.2, 0) is 6.42 Å². The summed E-state index contributed by atoms with van der Waals surface area (Å²) >= 11 is 0. The number of carbonyl (C=O) groups is 2. The molecule has 1 aliphatic heterocycles. The Morgan fingerprint density at radius 2 is 1.86 bits per heavy atom. The number of urea groups is 1. The molecule has 1 saturated heterocycles. The van der Waals surface area contributed by atoms with Crippen molar-refractivity contribution in [3.63, 3.8) is 0 Å². The van der Waals surface area contributed by atoms with Gasteiger partial charge in [-0.15, -0.1) is 0 Å². The summed E-state index contributed by atoms with van der Waals surface area (Å²) in [6.07, 6.45) is 5.38. The van der Waals surface area contributed by atoms with Gasteiger partial charge in [0.1, 0.15) is 0 Å². The minimum Gasteiger partial charge on any atom is -0.370 e. The molecule has 0 bridgehead atoms. The first-order valence-electron chi connectivity index (χ1n) is 10.3. The summed E-state index contributed by atoms with van der Waals surface area (Å²) < 4.78 is 0. The molecule has 2 aliphatic rings. The van der Waals surface area contributed by atoms with Gasteiger partial charge in [-0.2, -0.15) is 0 Å². The molecule has 2 aromatic rings. The van der Waals surface area contributed by atoms with Gasteiger partial charge in [-0.3, -0.25) is 4.79 Å². The van der Waals surface area contributed by atoms with Gasteiger partial charge in [0.2, 0.25) is 5.91 Å². The van der Waals surface area contributed by atoms with Crippen molar-refractivity contribution in [3.05, 3.63) is 59.2 Å². The molecule has 0 unspecified atom stereocenters. The van der Waals surface area contributed by atoms with Crippen molar-refractivity contribution in [3.8, 4) is 0 Å². The SMILES string of the molecule is CN(C(=O)Nc1cc(C(N)=O)ccc1N1CCCCC1)[C@H]1CCc2ccccc21. The lowest BCUT2D eigenvalue weighted by molar-refractivity contribution is 0.1000. The van der Waals surface area contributed by atoms with Crippen LogP contribution in [0.25, 0.3) is 0 Å². The molecule has 6 heteroatoms. The maximum atomic E-state index is 13.1. The van der Waals surface area contributed by atoms with E-state index in [0.717, 1.165) is 44.5 Å². The first kappa shape index (κ1) is 19.3. The van der Waals surface area contributed by atoms with E-state index in [1.165, 1.54) is 17.5 Å². The highest BCUT2D eigenvalue weighted by Crippen LogP contribution is 2.36. The molecule has 1 heterocycles. The van der Waals surface area contributed by atoms with Crippen LogP contribution in [0, 0.1) is 0 Å². The van der Waals surface area contributed by atoms with Crippen molar-refractivity contribution in [1.82, 2.24) is 4.90 Å². The molecule has 29 heavy (non-hydrogen) atoms. The van der Waals surface area contributed by atoms with E-state index in [4.69, 9.17) is 5.73 Å². The van der Waals surface area contributed by atoms with Crippen LogP contribution in [0.4, 0.5) is 16.2 Å². The maximum Gasteiger partial charge on any atom is 0.322 e. The van der Waals surface area contributed by atoms with E-state index < -0.39 is 5.91 Å². The van der Waals surface area contributed by atoms with E-state index in [9.17, 15) is 9.59 Å². The third kappa shape index (κ3) is 3.92. The van der Waals surface area contributed by atoms with Crippen molar-refractivity contribution >= 4 is 23.3 Å². The van der Waals surface area contributed by atoms with Gasteiger partial charge in [0.15, 0.2) is 0 Å². The molecule has 0 aromatic heterocycles. The van der Waals surface area contributed by atoms with Crippen LogP contribution >= 0.6 is 0 Å². The zero-order valence-electron chi connectivity index (χ0n) is 16.9. The van der Waals surface area contributed by atoms with Crippen LogP contribution in [0.1, 0.15) is 53.2 Å². The second kappa shape index (κ2) is 8.15. The molecule has 6 nitrogen and oxygen atoms in total. The van der Waals surface area contributed by atoms with Gasteiger partial charge in [0.25, 0.3) is 0 Å². The van der Waals surface area contributed by atoms with Crippen LogP contribution in [0.15, 0.2) is 42.5 Å². The predicted octanol–water partition coefficient (Wildman–Crippen LogP) is 3.93. The third-order valence-electron chi connectivity index (χ3n) is 6.11. The fraction of sp³-hybridized carbons (Fsp3) is 0.391.